The zero-order valence-corrected chi connectivity index (χ0v) is 17.6. The molecule has 0 bridgehead atoms. The van der Waals surface area contributed by atoms with E-state index < -0.39 is 6.89 Å². The molecule has 0 aliphatic heterocycles. The van der Waals surface area contributed by atoms with Crippen molar-refractivity contribution >= 4 is 28.6 Å². The summed E-state index contributed by atoms with van der Waals surface area (Å²) in [7, 11) is 0. The third kappa shape index (κ3) is 3.41. The van der Waals surface area contributed by atoms with Gasteiger partial charge in [-0.05, 0) is 57.4 Å². The standard InChI is InChI=1S/C29H23P/c1-5-13-25-21-24(22-26(25)14-6-1)23-30(27-15-7-2-8-16-27,28-17-9-3-10-18-28)29-19-11-4-12-20-29/h1-23H. The highest BCUT2D eigenvalue weighted by molar-refractivity contribution is 7.94. The largest absolute Gasteiger partial charge is 0.0622 e. The Morgan fingerprint density at radius 2 is 0.733 bits per heavy atom. The molecule has 0 N–H and O–H groups in total. The lowest BCUT2D eigenvalue weighted by molar-refractivity contribution is 1.73. The van der Waals surface area contributed by atoms with Gasteiger partial charge in [0, 0.05) is 0 Å². The summed E-state index contributed by atoms with van der Waals surface area (Å²) in [5.41, 5.74) is 3.83. The van der Waals surface area contributed by atoms with Gasteiger partial charge in [0.25, 0.3) is 0 Å². The maximum Gasteiger partial charge on any atom is -0.0160 e. The van der Waals surface area contributed by atoms with Crippen LogP contribution in [0.4, 0.5) is 0 Å². The van der Waals surface area contributed by atoms with E-state index in [-0.39, 0.29) is 0 Å². The molecule has 2 aliphatic carbocycles. The second-order valence-corrected chi connectivity index (χ2v) is 10.7. The second-order valence-electron chi connectivity index (χ2n) is 7.47. The highest BCUT2D eigenvalue weighted by Crippen LogP contribution is 2.45. The molecule has 0 unspecified atom stereocenters. The summed E-state index contributed by atoms with van der Waals surface area (Å²) in [5, 5.41) is 4.12. The van der Waals surface area contributed by atoms with E-state index in [1.54, 1.807) is 0 Å². The predicted molar refractivity (Wildman–Crippen MR) is 133 cm³/mol. The first-order valence-electron chi connectivity index (χ1n) is 10.3. The molecule has 0 atom stereocenters. The van der Waals surface area contributed by atoms with E-state index in [1.165, 1.54) is 32.6 Å². The van der Waals surface area contributed by atoms with E-state index in [4.69, 9.17) is 0 Å². The van der Waals surface area contributed by atoms with Crippen LogP contribution in [0.1, 0.15) is 5.56 Å². The van der Waals surface area contributed by atoms with E-state index in [0.717, 1.165) is 0 Å². The number of hydrogen-bond donors (Lipinski definition) is 0. The monoisotopic (exact) mass is 402 g/mol. The Morgan fingerprint density at radius 3 is 1.10 bits per heavy atom. The first-order chi connectivity index (χ1) is 14.9. The van der Waals surface area contributed by atoms with Crippen molar-refractivity contribution < 1.29 is 0 Å². The van der Waals surface area contributed by atoms with E-state index in [1.807, 2.05) is 0 Å². The molecule has 144 valence electrons. The Labute approximate surface area is 178 Å². The lowest BCUT2D eigenvalue weighted by atomic mass is 10.2. The molecule has 0 fully saturated rings. The van der Waals surface area contributed by atoms with Crippen LogP contribution in [-0.4, -0.2) is 5.80 Å². The summed E-state index contributed by atoms with van der Waals surface area (Å²) in [6, 6.07) is 48.3. The van der Waals surface area contributed by atoms with Crippen molar-refractivity contribution in [1.29, 1.82) is 0 Å². The molecule has 1 heteroatoms. The van der Waals surface area contributed by atoms with Crippen molar-refractivity contribution in [1.82, 2.24) is 0 Å². The first kappa shape index (κ1) is 18.7. The molecule has 3 aromatic carbocycles. The van der Waals surface area contributed by atoms with E-state index in [2.05, 4.69) is 139 Å². The van der Waals surface area contributed by atoms with Gasteiger partial charge < -0.3 is 0 Å². The quantitative estimate of drug-likeness (QED) is 0.327. The van der Waals surface area contributed by atoms with Gasteiger partial charge in [0.1, 0.15) is 0 Å². The molecular weight excluding hydrogens is 379 g/mol. The molecule has 0 radical (unpaired) electrons. The van der Waals surface area contributed by atoms with E-state index >= 15 is 0 Å². The van der Waals surface area contributed by atoms with Gasteiger partial charge in [0.05, 0.1) is 0 Å². The fourth-order valence-electron chi connectivity index (χ4n) is 4.20. The third-order valence-corrected chi connectivity index (χ3v) is 9.61. The Hall–Kier alpha value is -3.34. The van der Waals surface area contributed by atoms with Gasteiger partial charge in [-0.2, -0.15) is 0 Å². The van der Waals surface area contributed by atoms with E-state index in [0.29, 0.717) is 0 Å². The van der Waals surface area contributed by atoms with Gasteiger partial charge in [0.15, 0.2) is 0 Å². The van der Waals surface area contributed by atoms with Gasteiger partial charge in [0.2, 0.25) is 0 Å². The van der Waals surface area contributed by atoms with Crippen LogP contribution in [0.15, 0.2) is 133 Å². The number of benzene rings is 3. The Morgan fingerprint density at radius 1 is 0.400 bits per heavy atom. The van der Waals surface area contributed by atoms with Gasteiger partial charge in [-0.1, -0.05) is 121 Å². The maximum absolute atomic E-state index is 2.53. The molecule has 0 saturated heterocycles. The molecule has 30 heavy (non-hydrogen) atoms. The lowest BCUT2D eigenvalue weighted by Gasteiger charge is -2.28. The summed E-state index contributed by atoms with van der Waals surface area (Å²) in [4.78, 5) is 0. The average molecular weight is 402 g/mol. The van der Waals surface area contributed by atoms with Crippen LogP contribution in [0.5, 0.6) is 0 Å². The average Bonchev–Trinajstić information content (AvgIpc) is 3.07. The van der Waals surface area contributed by atoms with Crippen LogP contribution in [0.2, 0.25) is 0 Å². The molecule has 3 aromatic rings. The molecule has 0 spiro atoms. The fourth-order valence-corrected chi connectivity index (χ4v) is 8.06. The lowest BCUT2D eigenvalue weighted by Crippen LogP contribution is -2.27. The zero-order valence-electron chi connectivity index (χ0n) is 16.7. The molecule has 0 heterocycles. The minimum absolute atomic E-state index is 1.28. The van der Waals surface area contributed by atoms with Gasteiger partial charge >= 0.3 is 0 Å². The highest BCUT2D eigenvalue weighted by Gasteiger charge is 2.25. The Bertz CT molecular complexity index is 1140. The van der Waals surface area contributed by atoms with Crippen LogP contribution in [0, 0.1) is 0 Å². The Kier molecular flexibility index (Phi) is 5.10. The van der Waals surface area contributed by atoms with Crippen molar-refractivity contribution in [3.8, 4) is 11.1 Å². The van der Waals surface area contributed by atoms with Crippen LogP contribution >= 0.6 is 6.89 Å². The number of rotatable bonds is 4. The van der Waals surface area contributed by atoms with Crippen molar-refractivity contribution in [3.63, 3.8) is 0 Å². The normalized spacial score (nSPS) is 11.3. The molecule has 0 nitrogen and oxygen atoms in total. The SMILES string of the molecule is C(c1cc2cccccc-2c1)=P(c1ccccc1)(c1ccccc1)c1ccccc1. The summed E-state index contributed by atoms with van der Waals surface area (Å²) in [6.45, 7) is -1.97. The maximum atomic E-state index is 2.53. The van der Waals surface area contributed by atoms with Crippen LogP contribution in [0.3, 0.4) is 0 Å². The van der Waals surface area contributed by atoms with E-state index in [9.17, 15) is 0 Å². The molecule has 0 amide bonds. The summed E-state index contributed by atoms with van der Waals surface area (Å²) >= 11 is 0. The van der Waals surface area contributed by atoms with Crippen molar-refractivity contribution in [2.45, 2.75) is 0 Å². The molecule has 5 rings (SSSR count). The highest BCUT2D eigenvalue weighted by atomic mass is 31.2. The predicted octanol–water partition coefficient (Wildman–Crippen LogP) is 5.94. The molecule has 0 saturated carbocycles. The smallest absolute Gasteiger partial charge is 0.0160 e. The van der Waals surface area contributed by atoms with Crippen LogP contribution in [0.25, 0.3) is 11.1 Å². The summed E-state index contributed by atoms with van der Waals surface area (Å²) in [6.07, 6.45) is 0. The third-order valence-electron chi connectivity index (χ3n) is 5.58. The van der Waals surface area contributed by atoms with Crippen molar-refractivity contribution in [2.75, 3.05) is 0 Å². The zero-order chi connectivity index (χ0) is 20.2. The van der Waals surface area contributed by atoms with Crippen LogP contribution in [-0.2, 0) is 0 Å². The minimum Gasteiger partial charge on any atom is -0.0622 e. The van der Waals surface area contributed by atoms with Crippen LogP contribution < -0.4 is 15.9 Å². The summed E-state index contributed by atoms with van der Waals surface area (Å²) < 4.78 is 0. The molecular formula is C29H23P. The number of hydrogen-bond acceptors (Lipinski definition) is 0. The first-order valence-corrected chi connectivity index (χ1v) is 12.1. The van der Waals surface area contributed by atoms with Crippen molar-refractivity contribution in [3.05, 3.63) is 139 Å². The number of fused-ring (bicyclic) bond motifs is 1. The van der Waals surface area contributed by atoms with Gasteiger partial charge in [-0.3, -0.25) is 0 Å². The fraction of sp³-hybridized carbons (Fsp3) is 0. The second kappa shape index (κ2) is 8.19. The molecule has 0 aromatic heterocycles. The summed E-state index contributed by atoms with van der Waals surface area (Å²) in [5.74, 6) is 2.53. The van der Waals surface area contributed by atoms with Crippen molar-refractivity contribution in [2.24, 2.45) is 0 Å². The minimum atomic E-state index is -1.97. The molecule has 2 aliphatic rings. The van der Waals surface area contributed by atoms with Gasteiger partial charge in [-0.25, -0.2) is 0 Å². The topological polar surface area (TPSA) is 0 Å². The van der Waals surface area contributed by atoms with Gasteiger partial charge in [-0.15, -0.1) is 0 Å². The Balaban J connectivity index is 1.88.